The van der Waals surface area contributed by atoms with Crippen molar-refractivity contribution in [2.24, 2.45) is 0 Å². The SMILES string of the molecule is Cc1[nH]ccc1C(=O)N1CCCc2c(N)cccc21. The number of nitrogen functional groups attached to an aromatic ring is 1. The van der Waals surface area contributed by atoms with Crippen molar-refractivity contribution >= 4 is 17.3 Å². The number of benzene rings is 1. The van der Waals surface area contributed by atoms with Crippen molar-refractivity contribution < 1.29 is 4.79 Å². The molecule has 2 aromatic rings. The first-order valence-electron chi connectivity index (χ1n) is 6.51. The molecule has 3 N–H and O–H groups in total. The largest absolute Gasteiger partial charge is 0.398 e. The van der Waals surface area contributed by atoms with Crippen molar-refractivity contribution in [1.29, 1.82) is 0 Å². The molecule has 0 atom stereocenters. The van der Waals surface area contributed by atoms with Crippen molar-refractivity contribution in [1.82, 2.24) is 4.98 Å². The summed E-state index contributed by atoms with van der Waals surface area (Å²) < 4.78 is 0. The van der Waals surface area contributed by atoms with Gasteiger partial charge in [-0.3, -0.25) is 4.79 Å². The Balaban J connectivity index is 2.03. The average Bonchev–Trinajstić information content (AvgIpc) is 2.84. The molecule has 0 saturated heterocycles. The Bertz CT molecular complexity index is 630. The van der Waals surface area contributed by atoms with Gasteiger partial charge in [0.05, 0.1) is 5.56 Å². The normalized spacial score (nSPS) is 14.3. The van der Waals surface area contributed by atoms with Crippen LogP contribution >= 0.6 is 0 Å². The van der Waals surface area contributed by atoms with E-state index in [2.05, 4.69) is 4.98 Å². The number of aromatic nitrogens is 1. The fraction of sp³-hybridized carbons (Fsp3) is 0.267. The quantitative estimate of drug-likeness (QED) is 0.769. The minimum atomic E-state index is 0.0466. The number of hydrogen-bond donors (Lipinski definition) is 2. The summed E-state index contributed by atoms with van der Waals surface area (Å²) in [6.07, 6.45) is 3.70. The number of anilines is 2. The van der Waals surface area contributed by atoms with E-state index in [0.29, 0.717) is 0 Å². The number of hydrogen-bond acceptors (Lipinski definition) is 2. The summed E-state index contributed by atoms with van der Waals surface area (Å²) in [5.74, 6) is 0.0466. The van der Waals surface area contributed by atoms with Crippen LogP contribution in [0.4, 0.5) is 11.4 Å². The zero-order chi connectivity index (χ0) is 13.4. The number of fused-ring (bicyclic) bond motifs is 1. The second-order valence-corrected chi connectivity index (χ2v) is 4.92. The van der Waals surface area contributed by atoms with E-state index in [9.17, 15) is 4.79 Å². The van der Waals surface area contributed by atoms with E-state index < -0.39 is 0 Å². The highest BCUT2D eigenvalue weighted by atomic mass is 16.2. The summed E-state index contributed by atoms with van der Waals surface area (Å²) in [4.78, 5) is 17.5. The zero-order valence-electron chi connectivity index (χ0n) is 10.9. The monoisotopic (exact) mass is 255 g/mol. The summed E-state index contributed by atoms with van der Waals surface area (Å²) >= 11 is 0. The van der Waals surface area contributed by atoms with E-state index in [0.717, 1.165) is 47.6 Å². The van der Waals surface area contributed by atoms with E-state index in [1.807, 2.05) is 36.1 Å². The van der Waals surface area contributed by atoms with Crippen LogP contribution in [-0.4, -0.2) is 17.4 Å². The number of amides is 1. The standard InChI is InChI=1S/C15H17N3O/c1-10-11(7-8-17-10)15(19)18-9-3-4-12-13(16)5-2-6-14(12)18/h2,5-8,17H,3-4,9,16H2,1H3. The molecule has 0 saturated carbocycles. The van der Waals surface area contributed by atoms with Crippen molar-refractivity contribution in [3.05, 3.63) is 47.3 Å². The van der Waals surface area contributed by atoms with Gasteiger partial charge >= 0.3 is 0 Å². The van der Waals surface area contributed by atoms with E-state index in [-0.39, 0.29) is 5.91 Å². The topological polar surface area (TPSA) is 62.1 Å². The number of carbonyl (C=O) groups is 1. The Morgan fingerprint density at radius 2 is 2.21 bits per heavy atom. The van der Waals surface area contributed by atoms with Crippen molar-refractivity contribution in [2.75, 3.05) is 17.2 Å². The molecule has 19 heavy (non-hydrogen) atoms. The minimum Gasteiger partial charge on any atom is -0.398 e. The van der Waals surface area contributed by atoms with Crippen LogP contribution in [0.2, 0.25) is 0 Å². The zero-order valence-corrected chi connectivity index (χ0v) is 10.9. The molecule has 1 aromatic heterocycles. The Hall–Kier alpha value is -2.23. The van der Waals surface area contributed by atoms with Gasteiger partial charge in [-0.05, 0) is 43.5 Å². The number of nitrogens with zero attached hydrogens (tertiary/aromatic N) is 1. The summed E-state index contributed by atoms with van der Waals surface area (Å²) in [5.41, 5.74) is 10.5. The minimum absolute atomic E-state index is 0.0466. The molecule has 0 aliphatic carbocycles. The molecule has 1 aromatic carbocycles. The lowest BCUT2D eigenvalue weighted by atomic mass is 9.99. The molecule has 1 aliphatic heterocycles. The third kappa shape index (κ3) is 1.89. The van der Waals surface area contributed by atoms with Gasteiger partial charge in [0, 0.05) is 29.8 Å². The number of rotatable bonds is 1. The second-order valence-electron chi connectivity index (χ2n) is 4.92. The maximum atomic E-state index is 12.6. The van der Waals surface area contributed by atoms with Crippen LogP contribution < -0.4 is 10.6 Å². The molecule has 98 valence electrons. The van der Waals surface area contributed by atoms with Crippen molar-refractivity contribution in [3.8, 4) is 0 Å². The third-order valence-corrected chi connectivity index (χ3v) is 3.72. The highest BCUT2D eigenvalue weighted by Crippen LogP contribution is 2.32. The highest BCUT2D eigenvalue weighted by Gasteiger charge is 2.25. The third-order valence-electron chi connectivity index (χ3n) is 3.72. The van der Waals surface area contributed by atoms with Gasteiger partial charge in [-0.25, -0.2) is 0 Å². The second kappa shape index (κ2) is 4.46. The van der Waals surface area contributed by atoms with Crippen molar-refractivity contribution in [3.63, 3.8) is 0 Å². The van der Waals surface area contributed by atoms with Gasteiger partial charge in [0.1, 0.15) is 0 Å². The first-order chi connectivity index (χ1) is 9.18. The maximum Gasteiger partial charge on any atom is 0.260 e. The first-order valence-corrected chi connectivity index (χ1v) is 6.51. The lowest BCUT2D eigenvalue weighted by Gasteiger charge is -2.30. The summed E-state index contributed by atoms with van der Waals surface area (Å²) in [7, 11) is 0. The Morgan fingerprint density at radius 3 is 2.95 bits per heavy atom. The van der Waals surface area contributed by atoms with Gasteiger partial charge < -0.3 is 15.6 Å². The lowest BCUT2D eigenvalue weighted by Crippen LogP contribution is -2.35. The molecule has 3 rings (SSSR count). The van der Waals surface area contributed by atoms with Gasteiger partial charge in [0.25, 0.3) is 5.91 Å². The Kier molecular flexibility index (Phi) is 2.78. The number of aromatic amines is 1. The maximum absolute atomic E-state index is 12.6. The molecule has 0 spiro atoms. The summed E-state index contributed by atoms with van der Waals surface area (Å²) in [6, 6.07) is 7.61. The van der Waals surface area contributed by atoms with Gasteiger partial charge in [0.2, 0.25) is 0 Å². The van der Waals surface area contributed by atoms with Crippen LogP contribution in [0, 0.1) is 6.92 Å². The smallest absolute Gasteiger partial charge is 0.260 e. The van der Waals surface area contributed by atoms with Crippen LogP contribution in [0.25, 0.3) is 0 Å². The molecule has 4 nitrogen and oxygen atoms in total. The van der Waals surface area contributed by atoms with Crippen molar-refractivity contribution in [2.45, 2.75) is 19.8 Å². The fourth-order valence-electron chi connectivity index (χ4n) is 2.69. The molecule has 2 heterocycles. The number of H-pyrrole nitrogens is 1. The van der Waals surface area contributed by atoms with Crippen LogP contribution in [0.15, 0.2) is 30.5 Å². The number of carbonyl (C=O) groups excluding carboxylic acids is 1. The number of aryl methyl sites for hydroxylation is 1. The summed E-state index contributed by atoms with van der Waals surface area (Å²) in [5, 5.41) is 0. The van der Waals surface area contributed by atoms with Gasteiger partial charge in [-0.15, -0.1) is 0 Å². The van der Waals surface area contributed by atoms with E-state index in [1.165, 1.54) is 0 Å². The predicted octanol–water partition coefficient (Wildman–Crippen LogP) is 2.50. The number of nitrogens with one attached hydrogen (secondary N) is 1. The molecule has 0 bridgehead atoms. The first kappa shape index (κ1) is 11.8. The molecule has 0 radical (unpaired) electrons. The highest BCUT2D eigenvalue weighted by molar-refractivity contribution is 6.07. The van der Waals surface area contributed by atoms with Crippen LogP contribution in [0.5, 0.6) is 0 Å². The molecular formula is C15H17N3O. The van der Waals surface area contributed by atoms with E-state index >= 15 is 0 Å². The summed E-state index contributed by atoms with van der Waals surface area (Å²) in [6.45, 7) is 2.66. The van der Waals surface area contributed by atoms with E-state index in [1.54, 1.807) is 6.20 Å². The predicted molar refractivity (Wildman–Crippen MR) is 76.4 cm³/mol. The van der Waals surface area contributed by atoms with Gasteiger partial charge in [0.15, 0.2) is 0 Å². The van der Waals surface area contributed by atoms with Gasteiger partial charge in [-0.2, -0.15) is 0 Å². The van der Waals surface area contributed by atoms with E-state index in [4.69, 9.17) is 5.73 Å². The van der Waals surface area contributed by atoms with Crippen LogP contribution in [0.1, 0.15) is 28.0 Å². The molecule has 1 aliphatic rings. The lowest BCUT2D eigenvalue weighted by molar-refractivity contribution is 0.0985. The molecule has 0 fully saturated rings. The molecular weight excluding hydrogens is 238 g/mol. The fourth-order valence-corrected chi connectivity index (χ4v) is 2.69. The molecule has 4 heteroatoms. The Morgan fingerprint density at radius 1 is 1.37 bits per heavy atom. The molecule has 1 amide bonds. The Labute approximate surface area is 112 Å². The van der Waals surface area contributed by atoms with Crippen LogP contribution in [-0.2, 0) is 6.42 Å². The molecule has 0 unspecified atom stereocenters. The average molecular weight is 255 g/mol. The van der Waals surface area contributed by atoms with Crippen LogP contribution in [0.3, 0.4) is 0 Å². The number of nitrogens with two attached hydrogens (primary N) is 1. The van der Waals surface area contributed by atoms with Gasteiger partial charge in [-0.1, -0.05) is 6.07 Å².